The van der Waals surface area contributed by atoms with E-state index in [9.17, 15) is 9.90 Å². The Bertz CT molecular complexity index is 1010. The zero-order valence-electron chi connectivity index (χ0n) is 49.5. The van der Waals surface area contributed by atoms with Crippen molar-refractivity contribution in [1.82, 2.24) is 24.5 Å². The van der Waals surface area contributed by atoms with Crippen molar-refractivity contribution in [2.24, 2.45) is 0 Å². The predicted molar refractivity (Wildman–Crippen MR) is 315 cm³/mol. The zero-order chi connectivity index (χ0) is 51.3. The van der Waals surface area contributed by atoms with Gasteiger partial charge in [0.2, 0.25) is 5.91 Å². The molecule has 0 saturated carbocycles. The molecular weight excluding hydrogens is 871 g/mol. The number of rotatable bonds is 57. The van der Waals surface area contributed by atoms with Crippen LogP contribution in [0.25, 0.3) is 0 Å². The van der Waals surface area contributed by atoms with Gasteiger partial charge in [-0.1, -0.05) is 285 Å². The van der Waals surface area contributed by atoms with E-state index in [1.165, 1.54) is 296 Å². The average Bonchev–Trinajstić information content (AvgIpc) is 3.38. The van der Waals surface area contributed by atoms with Gasteiger partial charge in [0.15, 0.2) is 0 Å². The van der Waals surface area contributed by atoms with Crippen LogP contribution in [0.1, 0.15) is 317 Å². The van der Waals surface area contributed by atoms with Gasteiger partial charge in [-0.15, -0.1) is 0 Å². The minimum atomic E-state index is -0.454. The Labute approximate surface area is 446 Å². The molecule has 0 aromatic carbocycles. The number of aliphatic hydroxyl groups is 1. The molecule has 1 fully saturated rings. The summed E-state index contributed by atoms with van der Waals surface area (Å²) in [6.45, 7) is 23.6. The molecule has 1 rings (SSSR count). The highest BCUT2D eigenvalue weighted by atomic mass is 16.3. The van der Waals surface area contributed by atoms with Crippen molar-refractivity contribution in [3.05, 3.63) is 0 Å². The molecule has 1 aliphatic heterocycles. The molecule has 1 heterocycles. The zero-order valence-corrected chi connectivity index (χ0v) is 49.5. The number of piperazine rings is 1. The van der Waals surface area contributed by atoms with Crippen LogP contribution in [0.15, 0.2) is 0 Å². The molecule has 1 N–H and O–H groups in total. The number of amides is 1. The number of carbonyl (C=O) groups is 1. The van der Waals surface area contributed by atoms with E-state index in [1.54, 1.807) is 0 Å². The highest BCUT2D eigenvalue weighted by molar-refractivity contribution is 5.78. The predicted octanol–water partition coefficient (Wildman–Crippen LogP) is 17.6. The van der Waals surface area contributed by atoms with E-state index in [-0.39, 0.29) is 0 Å². The summed E-state index contributed by atoms with van der Waals surface area (Å²) < 4.78 is 0. The topological polar surface area (TPSA) is 53.5 Å². The Morgan fingerprint density at radius 2 is 0.563 bits per heavy atom. The molecule has 0 spiro atoms. The van der Waals surface area contributed by atoms with E-state index in [4.69, 9.17) is 0 Å². The normalized spacial score (nSPS) is 14.0. The molecule has 1 amide bonds. The lowest BCUT2D eigenvalue weighted by Crippen LogP contribution is -2.56. The van der Waals surface area contributed by atoms with Gasteiger partial charge in [0.1, 0.15) is 6.23 Å². The molecule has 7 heteroatoms. The quantitative estimate of drug-likeness (QED) is 0.0613. The van der Waals surface area contributed by atoms with Crippen molar-refractivity contribution in [3.8, 4) is 0 Å². The van der Waals surface area contributed by atoms with Gasteiger partial charge in [-0.3, -0.25) is 19.5 Å². The van der Waals surface area contributed by atoms with E-state index in [0.717, 1.165) is 65.4 Å². The summed E-state index contributed by atoms with van der Waals surface area (Å²) in [5, 5.41) is 11.7. The molecule has 1 unspecified atom stereocenters. The number of carbonyl (C=O) groups excluding carboxylic acids is 1. The SMILES string of the molecule is CCCCCCCCCCCCN(CCN(CCCCCCCCC)CCCCCCCCC)CC(=O)N1CCN(C(O)CN(CCCCCCCCCCCC)CCCCCCCCCCCC)CC1. The molecule has 7 nitrogen and oxygen atoms in total. The first-order valence-electron chi connectivity index (χ1n) is 32.9. The molecule has 0 aliphatic carbocycles. The first kappa shape index (κ1) is 68.3. The molecule has 0 aromatic heterocycles. The molecule has 0 bridgehead atoms. The van der Waals surface area contributed by atoms with Crippen LogP contribution < -0.4 is 0 Å². The van der Waals surface area contributed by atoms with Crippen LogP contribution in [-0.2, 0) is 4.79 Å². The van der Waals surface area contributed by atoms with Crippen molar-refractivity contribution in [3.63, 3.8) is 0 Å². The maximum atomic E-state index is 14.2. The van der Waals surface area contributed by atoms with Crippen LogP contribution in [0.2, 0.25) is 0 Å². The second kappa shape index (κ2) is 54.1. The summed E-state index contributed by atoms with van der Waals surface area (Å²) in [4.78, 5) is 26.5. The van der Waals surface area contributed by atoms with Crippen molar-refractivity contribution in [2.45, 2.75) is 323 Å². The largest absolute Gasteiger partial charge is 0.377 e. The Morgan fingerprint density at radius 1 is 0.324 bits per heavy atom. The van der Waals surface area contributed by atoms with Crippen LogP contribution in [0.3, 0.4) is 0 Å². The van der Waals surface area contributed by atoms with E-state index in [1.807, 2.05) is 0 Å². The van der Waals surface area contributed by atoms with E-state index >= 15 is 0 Å². The molecule has 0 aromatic rings. The van der Waals surface area contributed by atoms with Crippen molar-refractivity contribution in [2.75, 3.05) is 85.1 Å². The Kier molecular flexibility index (Phi) is 52.0. The fraction of sp³-hybridized carbons (Fsp3) is 0.984. The molecule has 1 saturated heterocycles. The number of aliphatic hydroxyl groups excluding tert-OH is 1. The highest BCUT2D eigenvalue weighted by Gasteiger charge is 2.27. The second-order valence-electron chi connectivity index (χ2n) is 23.1. The van der Waals surface area contributed by atoms with Crippen molar-refractivity contribution >= 4 is 5.91 Å². The number of unbranched alkanes of at least 4 members (excludes halogenated alkanes) is 39. The Morgan fingerprint density at radius 3 is 0.859 bits per heavy atom. The van der Waals surface area contributed by atoms with Crippen LogP contribution in [0.5, 0.6) is 0 Å². The fourth-order valence-electron chi connectivity index (χ4n) is 11.1. The van der Waals surface area contributed by atoms with Gasteiger partial charge in [-0.25, -0.2) is 0 Å². The molecular formula is C64H131N5O2. The van der Waals surface area contributed by atoms with Crippen molar-refractivity contribution < 1.29 is 9.90 Å². The van der Waals surface area contributed by atoms with Crippen LogP contribution in [-0.4, -0.2) is 127 Å². The standard InChI is InChI=1S/C64H131N5O2/c1-6-11-16-21-26-29-32-37-42-47-52-66(53-48-43-38-33-30-27-22-17-12-7-2)61-63(70)68-57-59-69(60-58-68)64(71)62-67(54-49-44-39-34-31-28-23-18-13-8-3)56-55-65(50-45-40-35-24-19-14-9-4)51-46-41-36-25-20-15-10-5/h63,70H,6-62H2,1-5H3. The van der Waals surface area contributed by atoms with Crippen LogP contribution in [0.4, 0.5) is 0 Å². The highest BCUT2D eigenvalue weighted by Crippen LogP contribution is 2.17. The van der Waals surface area contributed by atoms with E-state index < -0.39 is 6.23 Å². The third kappa shape index (κ3) is 44.1. The first-order valence-corrected chi connectivity index (χ1v) is 32.9. The number of nitrogens with zero attached hydrogens (tertiary/aromatic N) is 5. The Hall–Kier alpha value is -0.730. The monoisotopic (exact) mass is 1000 g/mol. The average molecular weight is 1000 g/mol. The summed E-state index contributed by atoms with van der Waals surface area (Å²) in [6, 6.07) is 0. The smallest absolute Gasteiger partial charge is 0.236 e. The van der Waals surface area contributed by atoms with Crippen LogP contribution in [0, 0.1) is 0 Å². The number of hydrogen-bond donors (Lipinski definition) is 1. The molecule has 1 atom stereocenters. The molecule has 71 heavy (non-hydrogen) atoms. The van der Waals surface area contributed by atoms with E-state index in [2.05, 4.69) is 59.1 Å². The van der Waals surface area contributed by atoms with Gasteiger partial charge >= 0.3 is 0 Å². The lowest BCUT2D eigenvalue weighted by molar-refractivity contribution is -0.136. The Balaban J connectivity index is 2.79. The maximum Gasteiger partial charge on any atom is 0.236 e. The lowest BCUT2D eigenvalue weighted by atomic mass is 10.1. The number of hydrogen-bond acceptors (Lipinski definition) is 6. The summed E-state index contributed by atoms with van der Waals surface area (Å²) in [6.07, 6.45) is 59.4. The summed E-state index contributed by atoms with van der Waals surface area (Å²) in [5.74, 6) is 0.306. The van der Waals surface area contributed by atoms with Gasteiger partial charge in [0.25, 0.3) is 0 Å². The first-order chi connectivity index (χ1) is 35.0. The summed E-state index contributed by atoms with van der Waals surface area (Å²) in [7, 11) is 0. The second-order valence-corrected chi connectivity index (χ2v) is 23.1. The van der Waals surface area contributed by atoms with Gasteiger partial charge < -0.3 is 14.9 Å². The maximum absolute atomic E-state index is 14.2. The van der Waals surface area contributed by atoms with Crippen LogP contribution >= 0.6 is 0 Å². The van der Waals surface area contributed by atoms with Gasteiger partial charge in [-0.05, 0) is 64.8 Å². The third-order valence-electron chi connectivity index (χ3n) is 16.2. The lowest BCUT2D eigenvalue weighted by Gasteiger charge is -2.39. The molecule has 424 valence electrons. The molecule has 1 aliphatic rings. The summed E-state index contributed by atoms with van der Waals surface area (Å²) in [5.41, 5.74) is 0. The minimum absolute atomic E-state index is 0.306. The van der Waals surface area contributed by atoms with Gasteiger partial charge in [0.05, 0.1) is 6.54 Å². The molecule has 0 radical (unpaired) electrons. The van der Waals surface area contributed by atoms with Crippen molar-refractivity contribution in [1.29, 1.82) is 0 Å². The third-order valence-corrected chi connectivity index (χ3v) is 16.2. The fourth-order valence-corrected chi connectivity index (χ4v) is 11.1. The minimum Gasteiger partial charge on any atom is -0.377 e. The summed E-state index contributed by atoms with van der Waals surface area (Å²) >= 11 is 0. The van der Waals surface area contributed by atoms with E-state index in [0.29, 0.717) is 12.5 Å². The van der Waals surface area contributed by atoms with Gasteiger partial charge in [-0.2, -0.15) is 0 Å². The van der Waals surface area contributed by atoms with Gasteiger partial charge in [0, 0.05) is 45.8 Å².